The molecule has 0 aromatic heterocycles. The highest BCUT2D eigenvalue weighted by molar-refractivity contribution is 5.81. The van der Waals surface area contributed by atoms with Gasteiger partial charge in [0.1, 0.15) is 6.10 Å². The summed E-state index contributed by atoms with van der Waals surface area (Å²) in [6.07, 6.45) is -3.90. The van der Waals surface area contributed by atoms with Crippen LogP contribution >= 0.6 is 0 Å². The largest absolute Gasteiger partial charge is 0.390 e. The number of benzene rings is 2. The van der Waals surface area contributed by atoms with Crippen LogP contribution in [-0.4, -0.2) is 35.2 Å². The van der Waals surface area contributed by atoms with Crippen molar-refractivity contribution in [3.63, 3.8) is 0 Å². The van der Waals surface area contributed by atoms with Crippen LogP contribution in [0.5, 0.6) is 0 Å². The van der Waals surface area contributed by atoms with Crippen LogP contribution in [0.25, 0.3) is 0 Å². The Morgan fingerprint density at radius 3 is 1.74 bits per heavy atom. The van der Waals surface area contributed by atoms with Gasteiger partial charge >= 0.3 is 0 Å². The molecule has 0 spiro atoms. The average Bonchev–Trinajstić information content (AvgIpc) is 2.66. The van der Waals surface area contributed by atoms with E-state index < -0.39 is 30.1 Å². The van der Waals surface area contributed by atoms with Gasteiger partial charge in [-0.25, -0.2) is 0 Å². The van der Waals surface area contributed by atoms with Crippen molar-refractivity contribution in [3.8, 4) is 0 Å². The lowest BCUT2D eigenvalue weighted by Crippen LogP contribution is -2.45. The second-order valence-corrected chi connectivity index (χ2v) is 6.11. The number of hydrogen-bond acceptors (Lipinski definition) is 5. The van der Waals surface area contributed by atoms with Gasteiger partial charge in [-0.1, -0.05) is 60.7 Å². The summed E-state index contributed by atoms with van der Waals surface area (Å²) in [7, 11) is 0. The van der Waals surface area contributed by atoms with E-state index in [0.717, 1.165) is 11.1 Å². The molecule has 3 atom stereocenters. The number of hydrogen-bond donors (Lipinski definition) is 3. The summed E-state index contributed by atoms with van der Waals surface area (Å²) in [6.45, 7) is 0.241. The molecule has 0 bridgehead atoms. The summed E-state index contributed by atoms with van der Waals surface area (Å²) < 4.78 is 11.0. The predicted molar refractivity (Wildman–Crippen MR) is 99.1 cm³/mol. The highest BCUT2D eigenvalue weighted by Gasteiger charge is 2.30. The number of carbonyl (C=O) groups is 2. The van der Waals surface area contributed by atoms with E-state index >= 15 is 0 Å². The Morgan fingerprint density at radius 1 is 0.815 bits per heavy atom. The topological polar surface area (TPSA) is 125 Å². The van der Waals surface area contributed by atoms with E-state index in [1.807, 2.05) is 60.7 Å². The minimum absolute atomic E-state index is 0.0949. The first-order valence-electron chi connectivity index (χ1n) is 8.55. The SMILES string of the molecule is NC(=O)C(CC(O)C(OCc1ccccc1)C(N)=O)OCc1ccccc1. The van der Waals surface area contributed by atoms with Gasteiger partial charge in [0, 0.05) is 6.42 Å². The van der Waals surface area contributed by atoms with E-state index in [4.69, 9.17) is 20.9 Å². The van der Waals surface area contributed by atoms with Crippen LogP contribution in [0.2, 0.25) is 0 Å². The third-order valence-corrected chi connectivity index (χ3v) is 3.97. The first-order chi connectivity index (χ1) is 13.0. The van der Waals surface area contributed by atoms with Crippen LogP contribution in [0.4, 0.5) is 0 Å². The fourth-order valence-electron chi connectivity index (χ4n) is 2.52. The van der Waals surface area contributed by atoms with Crippen LogP contribution in [0.3, 0.4) is 0 Å². The van der Waals surface area contributed by atoms with Crippen LogP contribution in [0.1, 0.15) is 17.5 Å². The zero-order valence-corrected chi connectivity index (χ0v) is 14.9. The van der Waals surface area contributed by atoms with Crippen molar-refractivity contribution in [2.75, 3.05) is 0 Å². The average molecular weight is 372 g/mol. The molecule has 7 heteroatoms. The van der Waals surface area contributed by atoms with E-state index in [1.54, 1.807) is 0 Å². The Morgan fingerprint density at radius 2 is 1.30 bits per heavy atom. The molecule has 3 unspecified atom stereocenters. The smallest absolute Gasteiger partial charge is 0.249 e. The fourth-order valence-corrected chi connectivity index (χ4v) is 2.52. The molecule has 0 heterocycles. The molecule has 2 rings (SSSR count). The molecule has 0 aliphatic carbocycles. The monoisotopic (exact) mass is 372 g/mol. The lowest BCUT2D eigenvalue weighted by Gasteiger charge is -2.24. The highest BCUT2D eigenvalue weighted by atomic mass is 16.5. The minimum Gasteiger partial charge on any atom is -0.390 e. The third-order valence-electron chi connectivity index (χ3n) is 3.97. The van der Waals surface area contributed by atoms with Crippen molar-refractivity contribution < 1.29 is 24.2 Å². The van der Waals surface area contributed by atoms with Crippen molar-refractivity contribution in [1.29, 1.82) is 0 Å². The van der Waals surface area contributed by atoms with E-state index in [0.29, 0.717) is 0 Å². The number of primary amides is 2. The van der Waals surface area contributed by atoms with E-state index in [9.17, 15) is 14.7 Å². The Labute approximate surface area is 157 Å². The molecule has 0 fully saturated rings. The number of amides is 2. The molecule has 0 saturated carbocycles. The summed E-state index contributed by atoms with van der Waals surface area (Å²) in [4.78, 5) is 23.3. The van der Waals surface area contributed by atoms with Gasteiger partial charge in [-0.15, -0.1) is 0 Å². The highest BCUT2D eigenvalue weighted by Crippen LogP contribution is 2.14. The zero-order chi connectivity index (χ0) is 19.6. The molecule has 7 nitrogen and oxygen atoms in total. The van der Waals surface area contributed by atoms with Gasteiger partial charge in [0.05, 0.1) is 19.3 Å². The Balaban J connectivity index is 1.94. The van der Waals surface area contributed by atoms with Crippen LogP contribution in [0, 0.1) is 0 Å². The molecular weight excluding hydrogens is 348 g/mol. The van der Waals surface area contributed by atoms with Crippen molar-refractivity contribution in [3.05, 3.63) is 71.8 Å². The number of nitrogens with two attached hydrogens (primary N) is 2. The Hall–Kier alpha value is -2.74. The molecule has 2 aromatic carbocycles. The predicted octanol–water partition coefficient (Wildman–Crippen LogP) is 0.879. The second-order valence-electron chi connectivity index (χ2n) is 6.11. The molecule has 27 heavy (non-hydrogen) atoms. The molecule has 2 aromatic rings. The van der Waals surface area contributed by atoms with Crippen molar-refractivity contribution in [2.45, 2.75) is 37.9 Å². The van der Waals surface area contributed by atoms with Gasteiger partial charge in [0.25, 0.3) is 0 Å². The fraction of sp³-hybridized carbons (Fsp3) is 0.300. The van der Waals surface area contributed by atoms with Crippen molar-refractivity contribution in [2.24, 2.45) is 11.5 Å². The van der Waals surface area contributed by atoms with Crippen LogP contribution < -0.4 is 11.5 Å². The van der Waals surface area contributed by atoms with Crippen LogP contribution in [0.15, 0.2) is 60.7 Å². The molecule has 144 valence electrons. The normalized spacial score (nSPS) is 14.3. The summed E-state index contributed by atoms with van der Waals surface area (Å²) in [5.41, 5.74) is 12.4. The zero-order valence-electron chi connectivity index (χ0n) is 14.9. The van der Waals surface area contributed by atoms with Gasteiger partial charge in [-0.05, 0) is 11.1 Å². The number of aliphatic hydroxyl groups is 1. The molecule has 2 amide bonds. The number of ether oxygens (including phenoxy) is 2. The summed E-state index contributed by atoms with van der Waals surface area (Å²) in [6, 6.07) is 18.4. The third kappa shape index (κ3) is 6.82. The summed E-state index contributed by atoms with van der Waals surface area (Å²) in [5.74, 6) is -1.57. The van der Waals surface area contributed by atoms with Gasteiger partial charge < -0.3 is 26.0 Å². The second kappa shape index (κ2) is 10.4. The molecule has 0 radical (unpaired) electrons. The molecule has 0 aliphatic heterocycles. The van der Waals surface area contributed by atoms with Crippen molar-refractivity contribution >= 4 is 11.8 Å². The Bertz CT molecular complexity index is 724. The number of carbonyl (C=O) groups excluding carboxylic acids is 2. The maximum Gasteiger partial charge on any atom is 0.249 e. The minimum atomic E-state index is -1.33. The van der Waals surface area contributed by atoms with Gasteiger partial charge in [-0.3, -0.25) is 9.59 Å². The standard InChI is InChI=1S/C20H24N2O5/c21-19(24)17(26-12-14-7-3-1-4-8-14)11-16(23)18(20(22)25)27-13-15-9-5-2-6-10-15/h1-10,16-18,23H,11-13H2,(H2,21,24)(H2,22,25). The van der Waals surface area contributed by atoms with Crippen molar-refractivity contribution in [1.82, 2.24) is 0 Å². The molecule has 5 N–H and O–H groups in total. The van der Waals surface area contributed by atoms with E-state index in [-0.39, 0.29) is 19.6 Å². The lowest BCUT2D eigenvalue weighted by atomic mass is 10.1. The van der Waals surface area contributed by atoms with Gasteiger partial charge in [0.2, 0.25) is 11.8 Å². The molecular formula is C20H24N2O5. The summed E-state index contributed by atoms with van der Waals surface area (Å²) in [5, 5.41) is 10.4. The molecule has 0 saturated heterocycles. The maximum absolute atomic E-state index is 11.7. The molecule has 0 aliphatic rings. The Kier molecular flexibility index (Phi) is 7.94. The maximum atomic E-state index is 11.7. The first kappa shape index (κ1) is 20.6. The lowest BCUT2D eigenvalue weighted by molar-refractivity contribution is -0.145. The van der Waals surface area contributed by atoms with Crippen LogP contribution in [-0.2, 0) is 32.3 Å². The number of rotatable bonds is 11. The van der Waals surface area contributed by atoms with Gasteiger partial charge in [0.15, 0.2) is 6.10 Å². The van der Waals surface area contributed by atoms with Gasteiger partial charge in [-0.2, -0.15) is 0 Å². The number of aliphatic hydroxyl groups excluding tert-OH is 1. The summed E-state index contributed by atoms with van der Waals surface area (Å²) >= 11 is 0. The van der Waals surface area contributed by atoms with E-state index in [2.05, 4.69) is 0 Å². The first-order valence-corrected chi connectivity index (χ1v) is 8.55. The quantitative estimate of drug-likeness (QED) is 0.540. The van der Waals surface area contributed by atoms with E-state index in [1.165, 1.54) is 0 Å².